The predicted molar refractivity (Wildman–Crippen MR) is 68.8 cm³/mol. The van der Waals surface area contributed by atoms with Crippen LogP contribution < -0.4 is 0 Å². The first-order chi connectivity index (χ1) is 6.62. The van der Waals surface area contributed by atoms with Gasteiger partial charge in [0.2, 0.25) is 0 Å². The van der Waals surface area contributed by atoms with Gasteiger partial charge in [-0.05, 0) is 28.4 Å². The fraction of sp³-hybridized carbons (Fsp3) is 0.600. The van der Waals surface area contributed by atoms with E-state index in [1.165, 1.54) is 16.7 Å². The number of allylic oxidation sites excluding steroid dienone is 5. The molecule has 0 unspecified atom stereocenters. The molecule has 0 atom stereocenters. The van der Waals surface area contributed by atoms with Crippen LogP contribution in [0.5, 0.6) is 0 Å². The highest BCUT2D eigenvalue weighted by atomic mass is 14.3. The quantitative estimate of drug-likeness (QED) is 0.527. The Hall–Kier alpha value is -0.780. The molecule has 0 aromatic carbocycles. The summed E-state index contributed by atoms with van der Waals surface area (Å²) in [5, 5.41) is 0. The average molecular weight is 204 g/mol. The van der Waals surface area contributed by atoms with E-state index >= 15 is 0 Å². The van der Waals surface area contributed by atoms with Gasteiger partial charge in [0.05, 0.1) is 0 Å². The maximum absolute atomic E-state index is 4.22. The fourth-order valence-corrected chi connectivity index (χ4v) is 1.98. The Balaban J connectivity index is 3.05. The Morgan fingerprint density at radius 3 is 1.80 bits per heavy atom. The second-order valence-electron chi connectivity index (χ2n) is 6.55. The second-order valence-corrected chi connectivity index (χ2v) is 6.55. The standard InChI is InChI=1S/C15H24/c1-11-10-12(14(2,3)4)8-9-13(11)15(5,6)7/h8-9H,1,10H2,2-7H3. The first-order valence-electron chi connectivity index (χ1n) is 5.72. The van der Waals surface area contributed by atoms with Crippen molar-refractivity contribution in [3.8, 4) is 0 Å². The molecule has 1 aliphatic carbocycles. The molecule has 0 N–H and O–H groups in total. The molecule has 15 heavy (non-hydrogen) atoms. The normalized spacial score (nSPS) is 18.7. The summed E-state index contributed by atoms with van der Waals surface area (Å²) in [5.74, 6) is 0. The SMILES string of the molecule is C=C1CC(C(C)(C)C)=CC=C1C(C)(C)C. The topological polar surface area (TPSA) is 0 Å². The maximum atomic E-state index is 4.22. The van der Waals surface area contributed by atoms with E-state index in [2.05, 4.69) is 60.3 Å². The summed E-state index contributed by atoms with van der Waals surface area (Å²) in [6.45, 7) is 17.8. The van der Waals surface area contributed by atoms with Gasteiger partial charge in [-0.2, -0.15) is 0 Å². The molecular weight excluding hydrogens is 180 g/mol. The van der Waals surface area contributed by atoms with Crippen molar-refractivity contribution in [3.05, 3.63) is 35.5 Å². The van der Waals surface area contributed by atoms with Crippen LogP contribution in [0.15, 0.2) is 35.5 Å². The lowest BCUT2D eigenvalue weighted by Crippen LogP contribution is -2.17. The third-order valence-electron chi connectivity index (χ3n) is 3.01. The Morgan fingerprint density at radius 2 is 1.47 bits per heavy atom. The first kappa shape index (κ1) is 12.3. The van der Waals surface area contributed by atoms with Crippen molar-refractivity contribution in [1.29, 1.82) is 0 Å². The van der Waals surface area contributed by atoms with Gasteiger partial charge in [-0.3, -0.25) is 0 Å². The van der Waals surface area contributed by atoms with Gasteiger partial charge in [-0.15, -0.1) is 0 Å². The van der Waals surface area contributed by atoms with Crippen LogP contribution in [-0.2, 0) is 0 Å². The van der Waals surface area contributed by atoms with Crippen LogP contribution >= 0.6 is 0 Å². The molecule has 1 aliphatic rings. The van der Waals surface area contributed by atoms with Crippen molar-refractivity contribution in [2.24, 2.45) is 10.8 Å². The molecule has 0 spiro atoms. The van der Waals surface area contributed by atoms with Gasteiger partial charge < -0.3 is 0 Å². The molecule has 1 rings (SSSR count). The largest absolute Gasteiger partial charge is 0.0952 e. The van der Waals surface area contributed by atoms with Gasteiger partial charge in [-0.25, -0.2) is 0 Å². The molecule has 0 heteroatoms. The highest BCUT2D eigenvalue weighted by Gasteiger charge is 2.25. The molecule has 0 saturated carbocycles. The van der Waals surface area contributed by atoms with Gasteiger partial charge in [0.1, 0.15) is 0 Å². The van der Waals surface area contributed by atoms with Gasteiger partial charge in [0.25, 0.3) is 0 Å². The molecule has 0 aromatic heterocycles. The molecular formula is C15H24. The van der Waals surface area contributed by atoms with E-state index in [1.807, 2.05) is 0 Å². The minimum Gasteiger partial charge on any atom is -0.0952 e. The molecule has 0 amide bonds. The van der Waals surface area contributed by atoms with E-state index in [4.69, 9.17) is 0 Å². The van der Waals surface area contributed by atoms with Crippen LogP contribution in [0.1, 0.15) is 48.0 Å². The van der Waals surface area contributed by atoms with Gasteiger partial charge in [-0.1, -0.05) is 65.8 Å². The van der Waals surface area contributed by atoms with E-state index in [0.717, 1.165) is 6.42 Å². The molecule has 0 aliphatic heterocycles. The minimum atomic E-state index is 0.219. The first-order valence-corrected chi connectivity index (χ1v) is 5.72. The van der Waals surface area contributed by atoms with Crippen LogP contribution in [0.25, 0.3) is 0 Å². The third kappa shape index (κ3) is 2.84. The molecule has 0 heterocycles. The molecule has 0 aromatic rings. The Labute approximate surface area is 94.8 Å². The van der Waals surface area contributed by atoms with Crippen molar-refractivity contribution >= 4 is 0 Å². The highest BCUT2D eigenvalue weighted by Crippen LogP contribution is 2.40. The van der Waals surface area contributed by atoms with E-state index in [-0.39, 0.29) is 10.8 Å². The van der Waals surface area contributed by atoms with Crippen LogP contribution in [0, 0.1) is 10.8 Å². The second kappa shape index (κ2) is 3.66. The minimum absolute atomic E-state index is 0.219. The van der Waals surface area contributed by atoms with Crippen LogP contribution in [0.2, 0.25) is 0 Å². The van der Waals surface area contributed by atoms with Gasteiger partial charge in [0, 0.05) is 0 Å². The predicted octanol–water partition coefficient (Wildman–Crippen LogP) is 4.89. The Kier molecular flexibility index (Phi) is 3.00. The number of hydrogen-bond acceptors (Lipinski definition) is 0. The van der Waals surface area contributed by atoms with E-state index < -0.39 is 0 Å². The monoisotopic (exact) mass is 204 g/mol. The number of rotatable bonds is 0. The zero-order valence-electron chi connectivity index (χ0n) is 11.1. The van der Waals surface area contributed by atoms with Crippen molar-refractivity contribution in [2.45, 2.75) is 48.0 Å². The van der Waals surface area contributed by atoms with Crippen molar-refractivity contribution in [2.75, 3.05) is 0 Å². The number of hydrogen-bond donors (Lipinski definition) is 0. The Morgan fingerprint density at radius 1 is 0.933 bits per heavy atom. The average Bonchev–Trinajstić information content (AvgIpc) is 1.99. The van der Waals surface area contributed by atoms with Crippen LogP contribution in [0.3, 0.4) is 0 Å². The highest BCUT2D eigenvalue weighted by molar-refractivity contribution is 5.44. The molecule has 0 radical (unpaired) electrons. The summed E-state index contributed by atoms with van der Waals surface area (Å²) >= 11 is 0. The molecule has 0 saturated heterocycles. The molecule has 0 bridgehead atoms. The summed E-state index contributed by atoms with van der Waals surface area (Å²) in [4.78, 5) is 0. The molecule has 0 fully saturated rings. The smallest absolute Gasteiger partial charge is 0.00617 e. The summed E-state index contributed by atoms with van der Waals surface area (Å²) in [6, 6.07) is 0. The van der Waals surface area contributed by atoms with Crippen LogP contribution in [0.4, 0.5) is 0 Å². The fourth-order valence-electron chi connectivity index (χ4n) is 1.98. The molecule has 0 nitrogen and oxygen atoms in total. The van der Waals surface area contributed by atoms with E-state index in [1.54, 1.807) is 0 Å². The van der Waals surface area contributed by atoms with Crippen molar-refractivity contribution in [3.63, 3.8) is 0 Å². The zero-order valence-corrected chi connectivity index (χ0v) is 11.1. The summed E-state index contributed by atoms with van der Waals surface area (Å²) in [6.07, 6.45) is 5.58. The summed E-state index contributed by atoms with van der Waals surface area (Å²) < 4.78 is 0. The van der Waals surface area contributed by atoms with Crippen LogP contribution in [-0.4, -0.2) is 0 Å². The van der Waals surface area contributed by atoms with E-state index in [0.29, 0.717) is 0 Å². The summed E-state index contributed by atoms with van der Waals surface area (Å²) in [7, 11) is 0. The lowest BCUT2D eigenvalue weighted by atomic mass is 9.73. The van der Waals surface area contributed by atoms with Crippen molar-refractivity contribution < 1.29 is 0 Å². The van der Waals surface area contributed by atoms with E-state index in [9.17, 15) is 0 Å². The summed E-state index contributed by atoms with van der Waals surface area (Å²) in [5.41, 5.74) is 4.66. The maximum Gasteiger partial charge on any atom is -0.00617 e. The lowest BCUT2D eigenvalue weighted by Gasteiger charge is -2.32. The zero-order chi connectivity index (χ0) is 11.9. The van der Waals surface area contributed by atoms with Gasteiger partial charge in [0.15, 0.2) is 0 Å². The van der Waals surface area contributed by atoms with Gasteiger partial charge >= 0.3 is 0 Å². The third-order valence-corrected chi connectivity index (χ3v) is 3.01. The Bertz CT molecular complexity index is 324. The lowest BCUT2D eigenvalue weighted by molar-refractivity contribution is 0.473. The van der Waals surface area contributed by atoms with Crippen molar-refractivity contribution in [1.82, 2.24) is 0 Å². The molecule has 84 valence electrons.